The number of benzene rings is 3. The van der Waals surface area contributed by atoms with Crippen molar-refractivity contribution in [3.05, 3.63) is 77.9 Å². The fourth-order valence-corrected chi connectivity index (χ4v) is 6.94. The maximum Gasteiger partial charge on any atom is 0.132 e. The molecule has 3 aromatic carbocycles. The van der Waals surface area contributed by atoms with Gasteiger partial charge >= 0.3 is 0 Å². The third-order valence-electron chi connectivity index (χ3n) is 7.89. The highest BCUT2D eigenvalue weighted by molar-refractivity contribution is 7.22. The minimum atomic E-state index is -0.337. The first-order chi connectivity index (χ1) is 18.0. The molecule has 1 aromatic heterocycles. The number of hydrogen-bond acceptors (Lipinski definition) is 2. The maximum absolute atomic E-state index is 15.2. The summed E-state index contributed by atoms with van der Waals surface area (Å²) >= 11 is 1.54. The summed E-state index contributed by atoms with van der Waals surface area (Å²) in [4.78, 5) is 0.854. The van der Waals surface area contributed by atoms with E-state index in [0.29, 0.717) is 23.3 Å². The number of halogens is 2. The van der Waals surface area contributed by atoms with Crippen molar-refractivity contribution < 1.29 is 13.5 Å². The molecule has 0 radical (unpaired) electrons. The van der Waals surface area contributed by atoms with Crippen LogP contribution in [0.5, 0.6) is 5.75 Å². The molecule has 5 rings (SSSR count). The molecule has 1 heterocycles. The van der Waals surface area contributed by atoms with E-state index in [1.807, 2.05) is 49.4 Å². The summed E-state index contributed by atoms with van der Waals surface area (Å²) in [6.07, 6.45) is 10.0. The van der Waals surface area contributed by atoms with Crippen molar-refractivity contribution in [2.24, 2.45) is 11.8 Å². The van der Waals surface area contributed by atoms with E-state index >= 15 is 8.78 Å². The maximum atomic E-state index is 15.2. The Kier molecular flexibility index (Phi) is 8.24. The van der Waals surface area contributed by atoms with Crippen molar-refractivity contribution in [1.29, 1.82) is 0 Å². The zero-order valence-corrected chi connectivity index (χ0v) is 22.7. The monoisotopic (exact) mass is 518 g/mol. The number of fused-ring (bicyclic) bond motifs is 1. The van der Waals surface area contributed by atoms with Crippen LogP contribution in [0.1, 0.15) is 64.4 Å². The van der Waals surface area contributed by atoms with Crippen LogP contribution in [-0.4, -0.2) is 6.61 Å². The van der Waals surface area contributed by atoms with Crippen molar-refractivity contribution in [1.82, 2.24) is 0 Å². The van der Waals surface area contributed by atoms with Crippen LogP contribution in [0, 0.1) is 23.5 Å². The standard InChI is InChI=1S/C33H36F2OS/c1-3-5-22-6-8-23(9-7-22)10-11-24-12-16-28(30(34)18-24)25-14-17-29(31(35)19-25)33-20-26-13-15-27(36-4-2)21-32(26)37-33/h12-23H,3-11H2,1-2H3. The molecule has 0 amide bonds. The zero-order valence-electron chi connectivity index (χ0n) is 21.9. The normalized spacial score (nSPS) is 17.8. The molecule has 1 aliphatic carbocycles. The summed E-state index contributed by atoms with van der Waals surface area (Å²) in [6.45, 7) is 4.84. The molecular formula is C33H36F2OS. The molecule has 4 aromatic rings. The SMILES string of the molecule is CCCC1CCC(CCc2ccc(-c3ccc(-c4cc5ccc(OCC)cc5s4)c(F)c3)c(F)c2)CC1. The molecular weight excluding hydrogens is 482 g/mol. The van der Waals surface area contributed by atoms with Crippen LogP contribution in [-0.2, 0) is 6.42 Å². The smallest absolute Gasteiger partial charge is 0.132 e. The van der Waals surface area contributed by atoms with Gasteiger partial charge in [-0.15, -0.1) is 11.3 Å². The van der Waals surface area contributed by atoms with E-state index in [1.54, 1.807) is 12.1 Å². The van der Waals surface area contributed by atoms with Crippen molar-refractivity contribution in [3.8, 4) is 27.3 Å². The number of thiophene rings is 1. The Morgan fingerprint density at radius 3 is 2.22 bits per heavy atom. The minimum Gasteiger partial charge on any atom is -0.494 e. The minimum absolute atomic E-state index is 0.276. The Labute approximate surface area is 223 Å². The van der Waals surface area contributed by atoms with Crippen LogP contribution in [0.15, 0.2) is 60.7 Å². The summed E-state index contributed by atoms with van der Waals surface area (Å²) in [6, 6.07) is 18.4. The van der Waals surface area contributed by atoms with Crippen LogP contribution in [0.25, 0.3) is 31.7 Å². The summed E-state index contributed by atoms with van der Waals surface area (Å²) in [5.74, 6) is 1.88. The summed E-state index contributed by atoms with van der Waals surface area (Å²) in [7, 11) is 0. The quantitative estimate of drug-likeness (QED) is 0.214. The molecule has 1 fully saturated rings. The van der Waals surface area contributed by atoms with E-state index < -0.39 is 0 Å². The highest BCUT2D eigenvalue weighted by Crippen LogP contribution is 2.38. The average molecular weight is 519 g/mol. The zero-order chi connectivity index (χ0) is 25.8. The number of rotatable bonds is 9. The first-order valence-electron chi connectivity index (χ1n) is 13.8. The van der Waals surface area contributed by atoms with E-state index in [2.05, 4.69) is 6.92 Å². The van der Waals surface area contributed by atoms with Crippen molar-refractivity contribution in [2.45, 2.75) is 65.2 Å². The third-order valence-corrected chi connectivity index (χ3v) is 9.02. The van der Waals surface area contributed by atoms with Crippen LogP contribution in [0.3, 0.4) is 0 Å². The van der Waals surface area contributed by atoms with Crippen molar-refractivity contribution in [3.63, 3.8) is 0 Å². The lowest BCUT2D eigenvalue weighted by Crippen LogP contribution is -2.15. The molecule has 0 atom stereocenters. The Balaban J connectivity index is 1.27. The van der Waals surface area contributed by atoms with Gasteiger partial charge in [0, 0.05) is 20.7 Å². The molecule has 0 saturated heterocycles. The van der Waals surface area contributed by atoms with E-state index in [9.17, 15) is 0 Å². The van der Waals surface area contributed by atoms with Crippen LogP contribution >= 0.6 is 11.3 Å². The van der Waals surface area contributed by atoms with E-state index in [-0.39, 0.29) is 11.6 Å². The lowest BCUT2D eigenvalue weighted by atomic mass is 9.78. The van der Waals surface area contributed by atoms with Gasteiger partial charge in [-0.2, -0.15) is 0 Å². The Hall–Kier alpha value is -2.72. The molecule has 0 bridgehead atoms. The second-order valence-corrected chi connectivity index (χ2v) is 11.5. The van der Waals surface area contributed by atoms with Gasteiger partial charge in [0.2, 0.25) is 0 Å². The molecule has 194 valence electrons. The molecule has 0 unspecified atom stereocenters. The van der Waals surface area contributed by atoms with Gasteiger partial charge in [-0.05, 0) is 90.6 Å². The summed E-state index contributed by atoms with van der Waals surface area (Å²) in [5.41, 5.74) is 2.59. The second kappa shape index (κ2) is 11.8. The fraction of sp³-hybridized carbons (Fsp3) is 0.394. The second-order valence-electron chi connectivity index (χ2n) is 10.5. The Bertz CT molecular complexity index is 1350. The molecule has 0 spiro atoms. The lowest BCUT2D eigenvalue weighted by molar-refractivity contribution is 0.252. The number of hydrogen-bond donors (Lipinski definition) is 0. The Morgan fingerprint density at radius 1 is 0.784 bits per heavy atom. The van der Waals surface area contributed by atoms with E-state index in [0.717, 1.165) is 51.0 Å². The first-order valence-corrected chi connectivity index (χ1v) is 14.6. The van der Waals surface area contributed by atoms with Gasteiger partial charge in [-0.1, -0.05) is 63.6 Å². The predicted molar refractivity (Wildman–Crippen MR) is 152 cm³/mol. The largest absolute Gasteiger partial charge is 0.494 e. The average Bonchev–Trinajstić information content (AvgIpc) is 3.32. The summed E-state index contributed by atoms with van der Waals surface area (Å²) in [5, 5.41) is 1.06. The lowest BCUT2D eigenvalue weighted by Gasteiger charge is -2.28. The van der Waals surface area contributed by atoms with Gasteiger partial charge in [0.1, 0.15) is 17.4 Å². The molecule has 1 saturated carbocycles. The number of aryl methyl sites for hydroxylation is 1. The molecule has 1 nitrogen and oxygen atoms in total. The number of ether oxygens (including phenoxy) is 1. The molecule has 0 N–H and O–H groups in total. The van der Waals surface area contributed by atoms with E-state index in [4.69, 9.17) is 4.74 Å². The van der Waals surface area contributed by atoms with Gasteiger partial charge in [-0.25, -0.2) is 8.78 Å². The van der Waals surface area contributed by atoms with Gasteiger partial charge in [-0.3, -0.25) is 0 Å². The van der Waals surface area contributed by atoms with Crippen LogP contribution < -0.4 is 4.74 Å². The predicted octanol–water partition coefficient (Wildman–Crippen LogP) is 10.5. The highest BCUT2D eigenvalue weighted by Gasteiger charge is 2.20. The van der Waals surface area contributed by atoms with Crippen LogP contribution in [0.4, 0.5) is 8.78 Å². The topological polar surface area (TPSA) is 9.23 Å². The van der Waals surface area contributed by atoms with Gasteiger partial charge < -0.3 is 4.74 Å². The van der Waals surface area contributed by atoms with E-state index in [1.165, 1.54) is 55.9 Å². The Morgan fingerprint density at radius 2 is 1.51 bits per heavy atom. The first kappa shape index (κ1) is 25.9. The highest BCUT2D eigenvalue weighted by atomic mass is 32.1. The molecule has 37 heavy (non-hydrogen) atoms. The van der Waals surface area contributed by atoms with Gasteiger partial charge in [0.25, 0.3) is 0 Å². The third kappa shape index (κ3) is 6.06. The summed E-state index contributed by atoms with van der Waals surface area (Å²) < 4.78 is 37.0. The van der Waals surface area contributed by atoms with Gasteiger partial charge in [0.15, 0.2) is 0 Å². The van der Waals surface area contributed by atoms with Crippen molar-refractivity contribution >= 4 is 21.4 Å². The fourth-order valence-electron chi connectivity index (χ4n) is 5.82. The molecule has 1 aliphatic rings. The van der Waals surface area contributed by atoms with Crippen LogP contribution in [0.2, 0.25) is 0 Å². The van der Waals surface area contributed by atoms with Gasteiger partial charge in [0.05, 0.1) is 6.61 Å². The molecule has 0 aliphatic heterocycles. The van der Waals surface area contributed by atoms with Crippen molar-refractivity contribution in [2.75, 3.05) is 6.61 Å². The molecule has 4 heteroatoms.